The zero-order chi connectivity index (χ0) is 20.0. The van der Waals surface area contributed by atoms with Gasteiger partial charge in [0.05, 0.1) is 23.5 Å². The fourth-order valence-corrected chi connectivity index (χ4v) is 4.59. The van der Waals surface area contributed by atoms with E-state index in [4.69, 9.17) is 9.47 Å². The van der Waals surface area contributed by atoms with Crippen LogP contribution in [0.1, 0.15) is 61.3 Å². The summed E-state index contributed by atoms with van der Waals surface area (Å²) in [5, 5.41) is 0. The Labute approximate surface area is 157 Å². The van der Waals surface area contributed by atoms with Gasteiger partial charge in [0.1, 0.15) is 5.60 Å². The standard InChI is InChI=1S/C18H34N2O5S/c1-13-14(19-26(22,23)17(5,6)7)18(12-24-13)8-10-20(11-9-18)15(21)25-16(2,3)4/h13-14,19H,8-12H2,1-7H3/t13?,14-/m1/s1. The fourth-order valence-electron chi connectivity index (χ4n) is 3.46. The van der Waals surface area contributed by atoms with E-state index in [0.29, 0.717) is 32.5 Å². The highest BCUT2D eigenvalue weighted by molar-refractivity contribution is 7.90. The first-order valence-corrected chi connectivity index (χ1v) is 10.8. The van der Waals surface area contributed by atoms with Crippen molar-refractivity contribution in [1.82, 2.24) is 9.62 Å². The molecule has 0 aliphatic carbocycles. The normalized spacial score (nSPS) is 27.0. The Morgan fingerprint density at radius 2 is 1.69 bits per heavy atom. The van der Waals surface area contributed by atoms with Gasteiger partial charge in [-0.05, 0) is 61.3 Å². The summed E-state index contributed by atoms with van der Waals surface area (Å²) >= 11 is 0. The van der Waals surface area contributed by atoms with Crippen molar-refractivity contribution < 1.29 is 22.7 Å². The first kappa shape index (κ1) is 21.4. The lowest BCUT2D eigenvalue weighted by atomic mass is 9.73. The van der Waals surface area contributed by atoms with Crippen LogP contribution >= 0.6 is 0 Å². The van der Waals surface area contributed by atoms with Crippen LogP contribution in [0, 0.1) is 5.41 Å². The first-order valence-electron chi connectivity index (χ1n) is 9.28. The topological polar surface area (TPSA) is 84.9 Å². The molecule has 0 saturated carbocycles. The number of rotatable bonds is 2. The SMILES string of the molecule is CC1OCC2(CCN(C(=O)OC(C)(C)C)CC2)[C@@H]1NS(=O)(=O)C(C)(C)C. The summed E-state index contributed by atoms with van der Waals surface area (Å²) in [5.41, 5.74) is -0.807. The van der Waals surface area contributed by atoms with Gasteiger partial charge in [0.15, 0.2) is 0 Å². The van der Waals surface area contributed by atoms with E-state index in [1.807, 2.05) is 27.7 Å². The molecular weight excluding hydrogens is 356 g/mol. The van der Waals surface area contributed by atoms with Crippen LogP contribution in [0.15, 0.2) is 0 Å². The molecule has 0 bridgehead atoms. The van der Waals surface area contributed by atoms with Gasteiger partial charge < -0.3 is 14.4 Å². The molecule has 152 valence electrons. The molecule has 1 N–H and O–H groups in total. The van der Waals surface area contributed by atoms with Crippen LogP contribution in [0.5, 0.6) is 0 Å². The molecule has 0 aromatic rings. The van der Waals surface area contributed by atoms with Gasteiger partial charge in [-0.2, -0.15) is 0 Å². The number of amides is 1. The van der Waals surface area contributed by atoms with Crippen LogP contribution in [0.4, 0.5) is 4.79 Å². The van der Waals surface area contributed by atoms with Crippen molar-refractivity contribution in [3.63, 3.8) is 0 Å². The van der Waals surface area contributed by atoms with Crippen LogP contribution in [0.3, 0.4) is 0 Å². The van der Waals surface area contributed by atoms with Crippen molar-refractivity contribution in [2.24, 2.45) is 5.41 Å². The van der Waals surface area contributed by atoms with Crippen LogP contribution in [0.2, 0.25) is 0 Å². The predicted molar refractivity (Wildman–Crippen MR) is 100 cm³/mol. The average Bonchev–Trinajstić information content (AvgIpc) is 2.74. The number of ether oxygens (including phenoxy) is 2. The minimum Gasteiger partial charge on any atom is -0.444 e. The van der Waals surface area contributed by atoms with Crippen LogP contribution in [0.25, 0.3) is 0 Å². The molecule has 1 amide bonds. The summed E-state index contributed by atoms with van der Waals surface area (Å²) in [4.78, 5) is 14.0. The second-order valence-corrected chi connectivity index (χ2v) is 12.0. The quantitative estimate of drug-likeness (QED) is 0.783. The average molecular weight is 391 g/mol. The van der Waals surface area contributed by atoms with E-state index in [0.717, 1.165) is 0 Å². The van der Waals surface area contributed by atoms with Gasteiger partial charge >= 0.3 is 6.09 Å². The summed E-state index contributed by atoms with van der Waals surface area (Å²) in [5.74, 6) is 0. The molecular formula is C18H34N2O5S. The molecule has 0 aromatic carbocycles. The molecule has 2 aliphatic rings. The highest BCUT2D eigenvalue weighted by Gasteiger charge is 2.52. The summed E-state index contributed by atoms with van der Waals surface area (Å²) in [7, 11) is -3.48. The van der Waals surface area contributed by atoms with E-state index in [-0.39, 0.29) is 23.7 Å². The number of carbonyl (C=O) groups is 1. The number of piperidine rings is 1. The van der Waals surface area contributed by atoms with Crippen molar-refractivity contribution in [1.29, 1.82) is 0 Å². The Balaban J connectivity index is 2.09. The van der Waals surface area contributed by atoms with Gasteiger partial charge in [-0.3, -0.25) is 0 Å². The Bertz CT molecular complexity index is 625. The lowest BCUT2D eigenvalue weighted by Crippen LogP contribution is -2.57. The van der Waals surface area contributed by atoms with Crippen molar-refractivity contribution in [2.75, 3.05) is 19.7 Å². The Morgan fingerprint density at radius 1 is 1.15 bits per heavy atom. The molecule has 2 aliphatic heterocycles. The monoisotopic (exact) mass is 390 g/mol. The Morgan fingerprint density at radius 3 is 2.15 bits per heavy atom. The lowest BCUT2D eigenvalue weighted by molar-refractivity contribution is 0.00643. The number of sulfonamides is 1. The molecule has 26 heavy (non-hydrogen) atoms. The van der Waals surface area contributed by atoms with Gasteiger partial charge in [0.2, 0.25) is 10.0 Å². The van der Waals surface area contributed by atoms with E-state index in [1.54, 1.807) is 25.7 Å². The van der Waals surface area contributed by atoms with E-state index < -0.39 is 20.4 Å². The molecule has 8 heteroatoms. The second-order valence-electron chi connectivity index (χ2n) is 9.56. The maximum atomic E-state index is 12.7. The Kier molecular flexibility index (Phi) is 5.73. The van der Waals surface area contributed by atoms with Gasteiger partial charge in [0, 0.05) is 18.5 Å². The third-order valence-electron chi connectivity index (χ3n) is 5.26. The van der Waals surface area contributed by atoms with Gasteiger partial charge in [-0.1, -0.05) is 0 Å². The van der Waals surface area contributed by atoms with Gasteiger partial charge in [-0.15, -0.1) is 0 Å². The molecule has 2 atom stereocenters. The molecule has 7 nitrogen and oxygen atoms in total. The van der Waals surface area contributed by atoms with E-state index in [9.17, 15) is 13.2 Å². The summed E-state index contributed by atoms with van der Waals surface area (Å²) in [6.45, 7) is 14.1. The lowest BCUT2D eigenvalue weighted by Gasteiger charge is -2.43. The maximum absolute atomic E-state index is 12.7. The molecule has 1 spiro atoms. The largest absolute Gasteiger partial charge is 0.444 e. The van der Waals surface area contributed by atoms with E-state index in [2.05, 4.69) is 4.72 Å². The molecule has 2 saturated heterocycles. The van der Waals surface area contributed by atoms with Crippen LogP contribution in [-0.2, 0) is 19.5 Å². The molecule has 1 unspecified atom stereocenters. The van der Waals surface area contributed by atoms with E-state index >= 15 is 0 Å². The minimum absolute atomic E-state index is 0.194. The van der Waals surface area contributed by atoms with Gasteiger partial charge in [0.25, 0.3) is 0 Å². The Hall–Kier alpha value is -0.860. The number of nitrogens with one attached hydrogen (secondary N) is 1. The smallest absolute Gasteiger partial charge is 0.410 e. The van der Waals surface area contributed by atoms with Crippen LogP contribution in [-0.4, -0.2) is 61.6 Å². The molecule has 2 heterocycles. The van der Waals surface area contributed by atoms with Crippen molar-refractivity contribution >= 4 is 16.1 Å². The zero-order valence-corrected chi connectivity index (χ0v) is 17.9. The summed E-state index contributed by atoms with van der Waals surface area (Å²) in [6, 6.07) is -0.285. The summed E-state index contributed by atoms with van der Waals surface area (Å²) in [6.07, 6.45) is 0.869. The number of hydrogen-bond acceptors (Lipinski definition) is 5. The van der Waals surface area contributed by atoms with Crippen molar-refractivity contribution in [3.05, 3.63) is 0 Å². The molecule has 2 fully saturated rings. The first-order chi connectivity index (χ1) is 11.7. The number of carbonyl (C=O) groups excluding carboxylic acids is 1. The number of likely N-dealkylation sites (tertiary alicyclic amines) is 1. The number of nitrogens with zero attached hydrogens (tertiary/aromatic N) is 1. The molecule has 2 rings (SSSR count). The maximum Gasteiger partial charge on any atom is 0.410 e. The molecule has 0 radical (unpaired) electrons. The zero-order valence-electron chi connectivity index (χ0n) is 17.1. The van der Waals surface area contributed by atoms with E-state index in [1.165, 1.54) is 0 Å². The summed E-state index contributed by atoms with van der Waals surface area (Å²) < 4.78 is 38.6. The third-order valence-corrected chi connectivity index (χ3v) is 7.44. The predicted octanol–water partition coefficient (Wildman–Crippen LogP) is 2.51. The highest BCUT2D eigenvalue weighted by atomic mass is 32.2. The minimum atomic E-state index is -3.48. The second kappa shape index (κ2) is 6.95. The van der Waals surface area contributed by atoms with Crippen molar-refractivity contribution in [2.45, 2.75) is 83.8 Å². The highest BCUT2D eigenvalue weighted by Crippen LogP contribution is 2.43. The number of hydrogen-bond donors (Lipinski definition) is 1. The van der Waals surface area contributed by atoms with Gasteiger partial charge in [-0.25, -0.2) is 17.9 Å². The molecule has 0 aromatic heterocycles. The van der Waals surface area contributed by atoms with Crippen molar-refractivity contribution in [3.8, 4) is 0 Å². The third kappa shape index (κ3) is 4.51. The fraction of sp³-hybridized carbons (Fsp3) is 0.944. The van der Waals surface area contributed by atoms with Crippen LogP contribution < -0.4 is 4.72 Å².